The van der Waals surface area contributed by atoms with Gasteiger partial charge in [-0.15, -0.1) is 0 Å². The predicted molar refractivity (Wildman–Crippen MR) is 77.9 cm³/mol. The number of nitrogens with zero attached hydrogens (tertiary/aromatic N) is 1. The molecule has 6 nitrogen and oxygen atoms in total. The zero-order valence-corrected chi connectivity index (χ0v) is 12.0. The van der Waals surface area contributed by atoms with Crippen molar-refractivity contribution in [3.63, 3.8) is 0 Å². The molecular weight excluding hydrogens is 282 g/mol. The van der Waals surface area contributed by atoms with Crippen LogP contribution in [0.2, 0.25) is 5.02 Å². The van der Waals surface area contributed by atoms with Gasteiger partial charge in [-0.3, -0.25) is 14.9 Å². The number of benzene rings is 1. The SMILES string of the molecule is CCCCC(CN)NC(=O)c1cc([N+](=O)[O-])ccc1Cl. The number of rotatable bonds is 7. The number of non-ortho nitro benzene ring substituents is 1. The van der Waals surface area contributed by atoms with Crippen LogP contribution >= 0.6 is 11.6 Å². The van der Waals surface area contributed by atoms with Crippen molar-refractivity contribution in [2.24, 2.45) is 5.73 Å². The highest BCUT2D eigenvalue weighted by Gasteiger charge is 2.18. The summed E-state index contributed by atoms with van der Waals surface area (Å²) < 4.78 is 0. The van der Waals surface area contributed by atoms with Gasteiger partial charge in [0.25, 0.3) is 11.6 Å². The van der Waals surface area contributed by atoms with Crippen molar-refractivity contribution in [2.45, 2.75) is 32.2 Å². The molecule has 7 heteroatoms. The van der Waals surface area contributed by atoms with E-state index in [2.05, 4.69) is 5.32 Å². The van der Waals surface area contributed by atoms with E-state index in [0.717, 1.165) is 19.3 Å². The first kappa shape index (κ1) is 16.4. The molecule has 3 N–H and O–H groups in total. The van der Waals surface area contributed by atoms with E-state index in [0.29, 0.717) is 6.54 Å². The molecule has 0 saturated heterocycles. The molecule has 1 unspecified atom stereocenters. The molecule has 0 radical (unpaired) electrons. The van der Waals surface area contributed by atoms with Gasteiger partial charge in [0.2, 0.25) is 0 Å². The van der Waals surface area contributed by atoms with E-state index in [1.807, 2.05) is 6.92 Å². The Labute approximate surface area is 122 Å². The number of halogens is 1. The van der Waals surface area contributed by atoms with Crippen LogP contribution in [0.4, 0.5) is 5.69 Å². The molecule has 110 valence electrons. The van der Waals surface area contributed by atoms with Crippen LogP contribution in [0.5, 0.6) is 0 Å². The molecule has 0 fully saturated rings. The highest BCUT2D eigenvalue weighted by Crippen LogP contribution is 2.22. The molecule has 0 spiro atoms. The molecular formula is C13H18ClN3O3. The van der Waals surface area contributed by atoms with Gasteiger partial charge in [0.1, 0.15) is 0 Å². The Morgan fingerprint density at radius 1 is 1.55 bits per heavy atom. The molecule has 1 atom stereocenters. The molecule has 0 aromatic heterocycles. The first-order valence-corrected chi connectivity index (χ1v) is 6.82. The van der Waals surface area contributed by atoms with E-state index in [4.69, 9.17) is 17.3 Å². The molecule has 0 heterocycles. The number of carbonyl (C=O) groups excluding carboxylic acids is 1. The van der Waals surface area contributed by atoms with Crippen LogP contribution in [0.1, 0.15) is 36.5 Å². The highest BCUT2D eigenvalue weighted by molar-refractivity contribution is 6.33. The van der Waals surface area contributed by atoms with Crippen molar-refractivity contribution in [1.82, 2.24) is 5.32 Å². The summed E-state index contributed by atoms with van der Waals surface area (Å²) in [5.41, 5.74) is 5.52. The van der Waals surface area contributed by atoms with Crippen molar-refractivity contribution in [3.8, 4) is 0 Å². The van der Waals surface area contributed by atoms with Crippen LogP contribution in [0.25, 0.3) is 0 Å². The number of carbonyl (C=O) groups is 1. The number of nitrogens with two attached hydrogens (primary N) is 1. The third-order valence-electron chi connectivity index (χ3n) is 2.93. The molecule has 0 aliphatic carbocycles. The van der Waals surface area contributed by atoms with Crippen LogP contribution in [-0.4, -0.2) is 23.4 Å². The van der Waals surface area contributed by atoms with Crippen molar-refractivity contribution >= 4 is 23.2 Å². The molecule has 20 heavy (non-hydrogen) atoms. The minimum Gasteiger partial charge on any atom is -0.348 e. The lowest BCUT2D eigenvalue weighted by molar-refractivity contribution is -0.384. The predicted octanol–water partition coefficient (Wildman–Crippen LogP) is 2.50. The monoisotopic (exact) mass is 299 g/mol. The fourth-order valence-corrected chi connectivity index (χ4v) is 1.97. The minimum absolute atomic E-state index is 0.0933. The maximum Gasteiger partial charge on any atom is 0.270 e. The van der Waals surface area contributed by atoms with Crippen molar-refractivity contribution in [2.75, 3.05) is 6.54 Å². The smallest absolute Gasteiger partial charge is 0.270 e. The van der Waals surface area contributed by atoms with E-state index < -0.39 is 10.8 Å². The molecule has 1 aromatic carbocycles. The summed E-state index contributed by atoms with van der Waals surface area (Å²) >= 11 is 5.91. The van der Waals surface area contributed by atoms with E-state index >= 15 is 0 Å². The third kappa shape index (κ3) is 4.47. The number of nitrogens with one attached hydrogen (secondary N) is 1. The topological polar surface area (TPSA) is 98.3 Å². The standard InChI is InChI=1S/C13H18ClN3O3/c1-2-3-4-9(8-15)16-13(18)11-7-10(17(19)20)5-6-12(11)14/h5-7,9H,2-4,8,15H2,1H3,(H,16,18). The lowest BCUT2D eigenvalue weighted by Crippen LogP contribution is -2.40. The Hall–Kier alpha value is -1.66. The normalized spacial score (nSPS) is 11.9. The van der Waals surface area contributed by atoms with Crippen molar-refractivity contribution in [3.05, 3.63) is 38.9 Å². The van der Waals surface area contributed by atoms with Crippen LogP contribution in [-0.2, 0) is 0 Å². The summed E-state index contributed by atoms with van der Waals surface area (Å²) in [6, 6.07) is 3.62. The van der Waals surface area contributed by atoms with Gasteiger partial charge in [-0.05, 0) is 12.5 Å². The number of hydrogen-bond acceptors (Lipinski definition) is 4. The average molecular weight is 300 g/mol. The molecule has 0 saturated carbocycles. The minimum atomic E-state index is -0.565. The van der Waals surface area contributed by atoms with Crippen LogP contribution in [0.15, 0.2) is 18.2 Å². The second-order valence-electron chi connectivity index (χ2n) is 4.47. The Kier molecular flexibility index (Phi) is 6.41. The van der Waals surface area contributed by atoms with Gasteiger partial charge in [0, 0.05) is 24.7 Å². The quantitative estimate of drug-likeness (QED) is 0.597. The van der Waals surface area contributed by atoms with Gasteiger partial charge in [0.05, 0.1) is 15.5 Å². The largest absolute Gasteiger partial charge is 0.348 e. The summed E-state index contributed by atoms with van der Waals surface area (Å²) in [7, 11) is 0. The van der Waals surface area contributed by atoms with E-state index in [1.54, 1.807) is 0 Å². The van der Waals surface area contributed by atoms with Gasteiger partial charge in [-0.1, -0.05) is 31.4 Å². The van der Waals surface area contributed by atoms with Crippen LogP contribution in [0, 0.1) is 10.1 Å². The second-order valence-corrected chi connectivity index (χ2v) is 4.88. The Morgan fingerprint density at radius 3 is 2.80 bits per heavy atom. The number of nitro benzene ring substituents is 1. The van der Waals surface area contributed by atoms with Gasteiger partial charge in [0.15, 0.2) is 0 Å². The lowest BCUT2D eigenvalue weighted by Gasteiger charge is -2.16. The van der Waals surface area contributed by atoms with Crippen molar-refractivity contribution in [1.29, 1.82) is 0 Å². The van der Waals surface area contributed by atoms with Crippen molar-refractivity contribution < 1.29 is 9.72 Å². The summed E-state index contributed by atoms with van der Waals surface area (Å²) in [6.45, 7) is 2.37. The van der Waals surface area contributed by atoms with E-state index in [1.165, 1.54) is 18.2 Å². The molecule has 1 rings (SSSR count). The van der Waals surface area contributed by atoms with E-state index in [-0.39, 0.29) is 22.3 Å². The molecule has 0 aliphatic rings. The van der Waals surface area contributed by atoms with Crippen LogP contribution < -0.4 is 11.1 Å². The van der Waals surface area contributed by atoms with Gasteiger partial charge in [-0.2, -0.15) is 0 Å². The Morgan fingerprint density at radius 2 is 2.25 bits per heavy atom. The number of amides is 1. The molecule has 1 amide bonds. The fraction of sp³-hybridized carbons (Fsp3) is 0.462. The van der Waals surface area contributed by atoms with E-state index in [9.17, 15) is 14.9 Å². The van der Waals surface area contributed by atoms with Gasteiger partial charge in [-0.25, -0.2) is 0 Å². The summed E-state index contributed by atoms with van der Waals surface area (Å²) in [4.78, 5) is 22.3. The number of nitro groups is 1. The average Bonchev–Trinajstić information content (AvgIpc) is 2.43. The maximum atomic E-state index is 12.1. The molecule has 1 aromatic rings. The molecule has 0 aliphatic heterocycles. The highest BCUT2D eigenvalue weighted by atomic mass is 35.5. The summed E-state index contributed by atoms with van der Waals surface area (Å²) in [5, 5.41) is 13.7. The molecule has 0 bridgehead atoms. The third-order valence-corrected chi connectivity index (χ3v) is 3.26. The van der Waals surface area contributed by atoms with Gasteiger partial charge < -0.3 is 11.1 Å². The first-order chi connectivity index (χ1) is 9.49. The summed E-state index contributed by atoms with van der Waals surface area (Å²) in [6.07, 6.45) is 2.72. The zero-order chi connectivity index (χ0) is 15.1. The Bertz CT molecular complexity index is 494. The first-order valence-electron chi connectivity index (χ1n) is 6.44. The number of unbranched alkanes of at least 4 members (excludes halogenated alkanes) is 1. The summed E-state index contributed by atoms with van der Waals surface area (Å²) in [5.74, 6) is -0.440. The fourth-order valence-electron chi connectivity index (χ4n) is 1.76. The maximum absolute atomic E-state index is 12.1. The Balaban J connectivity index is 2.85. The number of hydrogen-bond donors (Lipinski definition) is 2. The lowest BCUT2D eigenvalue weighted by atomic mass is 10.1. The van der Waals surface area contributed by atoms with Crippen LogP contribution in [0.3, 0.4) is 0 Å². The van der Waals surface area contributed by atoms with Gasteiger partial charge >= 0.3 is 0 Å². The second kappa shape index (κ2) is 7.81. The zero-order valence-electron chi connectivity index (χ0n) is 11.3.